The van der Waals surface area contributed by atoms with Gasteiger partial charge in [0.05, 0.1) is 27.1 Å². The Morgan fingerprint density at radius 1 is 1.19 bits per heavy atom. The van der Waals surface area contributed by atoms with Crippen molar-refractivity contribution >= 4 is 62.2 Å². The second kappa shape index (κ2) is 8.34. The van der Waals surface area contributed by atoms with E-state index in [-0.39, 0.29) is 5.56 Å². The second-order valence-electron chi connectivity index (χ2n) is 6.87. The van der Waals surface area contributed by atoms with Crippen molar-refractivity contribution in [1.29, 1.82) is 0 Å². The Bertz CT molecular complexity index is 1430. The molecule has 1 unspecified atom stereocenters. The van der Waals surface area contributed by atoms with Gasteiger partial charge in [-0.3, -0.25) is 14.1 Å². The first-order valence-corrected chi connectivity index (χ1v) is 11.8. The molecule has 1 aromatic carbocycles. The van der Waals surface area contributed by atoms with E-state index in [0.717, 1.165) is 35.6 Å². The number of fused-ring (bicyclic) bond motifs is 3. The summed E-state index contributed by atoms with van der Waals surface area (Å²) in [4.78, 5) is 33.8. The molecule has 12 heteroatoms. The van der Waals surface area contributed by atoms with Gasteiger partial charge in [0, 0.05) is 17.8 Å². The molecule has 0 fully saturated rings. The summed E-state index contributed by atoms with van der Waals surface area (Å²) >= 11 is 6.94. The molecule has 0 bridgehead atoms. The number of anilines is 2. The van der Waals surface area contributed by atoms with Crippen LogP contribution in [0.15, 0.2) is 57.9 Å². The van der Waals surface area contributed by atoms with Crippen molar-refractivity contribution in [3.63, 3.8) is 0 Å². The van der Waals surface area contributed by atoms with Gasteiger partial charge in [-0.2, -0.15) is 0 Å². The zero-order valence-corrected chi connectivity index (χ0v) is 18.7. The van der Waals surface area contributed by atoms with Gasteiger partial charge >= 0.3 is 6.03 Å². The number of hydrogen-bond acceptors (Lipinski definition) is 7. The van der Waals surface area contributed by atoms with Crippen molar-refractivity contribution in [2.75, 3.05) is 17.2 Å². The maximum Gasteiger partial charge on any atom is 0.331 e. The molecule has 2 amide bonds. The van der Waals surface area contributed by atoms with Gasteiger partial charge in [0.25, 0.3) is 5.56 Å². The van der Waals surface area contributed by atoms with E-state index in [1.165, 1.54) is 17.1 Å². The first-order valence-electron chi connectivity index (χ1n) is 9.48. The lowest BCUT2D eigenvalue weighted by Gasteiger charge is -2.09. The number of nitrogens with zero attached hydrogens (tertiary/aromatic N) is 3. The van der Waals surface area contributed by atoms with Crippen molar-refractivity contribution in [3.8, 4) is 5.82 Å². The highest BCUT2D eigenvalue weighted by Crippen LogP contribution is 2.27. The Labute approximate surface area is 193 Å². The van der Waals surface area contributed by atoms with Gasteiger partial charge in [-0.1, -0.05) is 11.6 Å². The molecule has 1 aliphatic rings. The summed E-state index contributed by atoms with van der Waals surface area (Å²) in [5.41, 5.74) is 2.91. The molecule has 0 aliphatic carbocycles. The van der Waals surface area contributed by atoms with Gasteiger partial charge in [0.2, 0.25) is 0 Å². The number of nitrogens with one attached hydrogen (secondary N) is 3. The lowest BCUT2D eigenvalue weighted by atomic mass is 10.1. The van der Waals surface area contributed by atoms with Crippen LogP contribution in [0.1, 0.15) is 5.56 Å². The first kappa shape index (κ1) is 20.6. The van der Waals surface area contributed by atoms with Gasteiger partial charge in [-0.15, -0.1) is 11.3 Å². The standard InChI is InChI=1S/C20H15ClN6O3S2/c21-15-4-6-17(31-15)32(30)26-20(29)25-11-1-5-16(23-9-11)27-10-24-18-12-7-8-22-14(12)3-2-13(18)19(27)28/h1-6,9-10,22H,7-8H2,(H2,25,26,29). The molecule has 9 nitrogen and oxygen atoms in total. The lowest BCUT2D eigenvalue weighted by molar-refractivity contribution is 0.257. The van der Waals surface area contributed by atoms with Gasteiger partial charge in [-0.25, -0.2) is 19.0 Å². The zero-order valence-electron chi connectivity index (χ0n) is 16.3. The highest BCUT2D eigenvalue weighted by molar-refractivity contribution is 7.86. The third-order valence-corrected chi connectivity index (χ3v) is 7.50. The molecule has 0 radical (unpaired) electrons. The van der Waals surface area contributed by atoms with Crippen LogP contribution in [-0.2, 0) is 17.4 Å². The SMILES string of the molecule is O=C(Nc1ccc(-n2cnc3c4c(ccc3c2=O)NCC4)nc1)NS(=O)c1ccc(Cl)s1. The number of urea groups is 1. The normalized spacial score (nSPS) is 13.4. The average molecular weight is 487 g/mol. The summed E-state index contributed by atoms with van der Waals surface area (Å²) in [6.07, 6.45) is 3.69. The first-order chi connectivity index (χ1) is 15.5. The van der Waals surface area contributed by atoms with E-state index >= 15 is 0 Å². The Morgan fingerprint density at radius 3 is 2.81 bits per heavy atom. The molecule has 1 aliphatic heterocycles. The molecule has 3 N–H and O–H groups in total. The van der Waals surface area contributed by atoms with Gasteiger partial charge in [-0.05, 0) is 42.8 Å². The minimum atomic E-state index is -1.72. The third kappa shape index (κ3) is 3.85. The van der Waals surface area contributed by atoms with Crippen molar-refractivity contribution in [2.24, 2.45) is 0 Å². The molecule has 0 spiro atoms. The van der Waals surface area contributed by atoms with Crippen LogP contribution in [0, 0.1) is 0 Å². The summed E-state index contributed by atoms with van der Waals surface area (Å²) < 4.78 is 16.7. The number of pyridine rings is 1. The van der Waals surface area contributed by atoms with E-state index < -0.39 is 17.0 Å². The van der Waals surface area contributed by atoms with Crippen molar-refractivity contribution in [3.05, 3.63) is 69.2 Å². The van der Waals surface area contributed by atoms with E-state index in [1.54, 1.807) is 30.3 Å². The van der Waals surface area contributed by atoms with Crippen LogP contribution in [0.2, 0.25) is 4.34 Å². The lowest BCUT2D eigenvalue weighted by Crippen LogP contribution is -2.30. The van der Waals surface area contributed by atoms with Crippen LogP contribution < -0.4 is 20.9 Å². The summed E-state index contributed by atoms with van der Waals surface area (Å²) in [6, 6.07) is 9.38. The Morgan fingerprint density at radius 2 is 2.06 bits per heavy atom. The Balaban J connectivity index is 1.33. The van der Waals surface area contributed by atoms with Gasteiger partial charge in [0.15, 0.2) is 11.0 Å². The van der Waals surface area contributed by atoms with Crippen LogP contribution in [0.3, 0.4) is 0 Å². The van der Waals surface area contributed by atoms with E-state index in [4.69, 9.17) is 11.6 Å². The maximum atomic E-state index is 13.0. The molecular weight excluding hydrogens is 472 g/mol. The highest BCUT2D eigenvalue weighted by atomic mass is 35.5. The minimum absolute atomic E-state index is 0.222. The Hall–Kier alpha value is -3.28. The number of hydrogen-bond donors (Lipinski definition) is 3. The second-order valence-corrected chi connectivity index (χ2v) is 10.0. The number of carbonyl (C=O) groups is 1. The smallest absolute Gasteiger partial charge is 0.331 e. The van der Waals surface area contributed by atoms with E-state index in [1.807, 2.05) is 6.07 Å². The number of rotatable bonds is 4. The summed E-state index contributed by atoms with van der Waals surface area (Å²) in [5.74, 6) is 0.366. The largest absolute Gasteiger partial charge is 0.384 e. The van der Waals surface area contributed by atoms with Crippen LogP contribution in [-0.4, -0.2) is 31.3 Å². The summed E-state index contributed by atoms with van der Waals surface area (Å²) in [7, 11) is -1.72. The number of amides is 2. The predicted octanol–water partition coefficient (Wildman–Crippen LogP) is 3.31. The maximum absolute atomic E-state index is 13.0. The zero-order chi connectivity index (χ0) is 22.2. The van der Waals surface area contributed by atoms with Crippen molar-refractivity contribution in [1.82, 2.24) is 19.3 Å². The van der Waals surface area contributed by atoms with Gasteiger partial charge < -0.3 is 10.6 Å². The molecule has 1 atom stereocenters. The fourth-order valence-electron chi connectivity index (χ4n) is 3.45. The number of aromatic nitrogens is 3. The Kier molecular flexibility index (Phi) is 5.37. The van der Waals surface area contributed by atoms with E-state index in [0.29, 0.717) is 31.0 Å². The summed E-state index contributed by atoms with van der Waals surface area (Å²) in [5, 5.41) is 6.36. The number of halogens is 1. The van der Waals surface area contributed by atoms with E-state index in [9.17, 15) is 13.8 Å². The minimum Gasteiger partial charge on any atom is -0.384 e. The topological polar surface area (TPSA) is 118 Å². The van der Waals surface area contributed by atoms with Crippen LogP contribution >= 0.6 is 22.9 Å². The van der Waals surface area contributed by atoms with Crippen LogP contribution in [0.25, 0.3) is 16.7 Å². The molecule has 5 rings (SSSR count). The number of carbonyl (C=O) groups excluding carboxylic acids is 1. The fraction of sp³-hybridized carbons (Fsp3) is 0.100. The molecule has 162 valence electrons. The molecule has 4 aromatic rings. The third-order valence-electron chi connectivity index (χ3n) is 4.89. The summed E-state index contributed by atoms with van der Waals surface area (Å²) in [6.45, 7) is 0.831. The molecule has 0 saturated heterocycles. The van der Waals surface area contributed by atoms with E-state index in [2.05, 4.69) is 25.3 Å². The molecule has 3 aromatic heterocycles. The van der Waals surface area contributed by atoms with Crippen LogP contribution in [0.5, 0.6) is 0 Å². The van der Waals surface area contributed by atoms with Crippen LogP contribution in [0.4, 0.5) is 16.2 Å². The molecular formula is C20H15ClN6O3S2. The number of thiophene rings is 1. The predicted molar refractivity (Wildman–Crippen MR) is 125 cm³/mol. The van der Waals surface area contributed by atoms with Gasteiger partial charge in [0.1, 0.15) is 16.4 Å². The molecule has 32 heavy (non-hydrogen) atoms. The quantitative estimate of drug-likeness (QED) is 0.407. The van der Waals surface area contributed by atoms with Crippen molar-refractivity contribution in [2.45, 2.75) is 10.6 Å². The molecule has 0 saturated carbocycles. The highest BCUT2D eigenvalue weighted by Gasteiger charge is 2.17. The fourth-order valence-corrected chi connectivity index (χ4v) is 5.57. The number of benzene rings is 1. The monoisotopic (exact) mass is 486 g/mol. The average Bonchev–Trinajstić information content (AvgIpc) is 3.44. The molecule has 4 heterocycles. The van der Waals surface area contributed by atoms with Crippen molar-refractivity contribution < 1.29 is 9.00 Å².